The highest BCUT2D eigenvalue weighted by atomic mass is 79.9. The van der Waals surface area contributed by atoms with E-state index in [2.05, 4.69) is 33.5 Å². The summed E-state index contributed by atoms with van der Waals surface area (Å²) >= 11 is 5.06. The molecule has 2 heterocycles. The number of phenolic OH excluding ortho intramolecular Hbond substituents is 1. The maximum Gasteiger partial charge on any atom is 0.256 e. The number of aromatic hydroxyl groups is 1. The lowest BCUT2D eigenvalue weighted by molar-refractivity contribution is 0.0935. The second-order valence-electron chi connectivity index (χ2n) is 6.83. The summed E-state index contributed by atoms with van der Waals surface area (Å²) in [5.41, 5.74) is 2.87. The van der Waals surface area contributed by atoms with Crippen molar-refractivity contribution >= 4 is 38.2 Å². The first-order valence-corrected chi connectivity index (χ1v) is 10.4. The summed E-state index contributed by atoms with van der Waals surface area (Å²) in [5.74, 6) is 1.11. The molecule has 1 aliphatic carbocycles. The number of methoxy groups -OCH3 is 1. The Labute approximate surface area is 164 Å². The third-order valence-corrected chi connectivity index (χ3v) is 7.12. The molecule has 1 aliphatic heterocycles. The third-order valence-electron chi connectivity index (χ3n) is 5.33. The maximum absolute atomic E-state index is 12.8. The molecule has 4 rings (SSSR count). The molecule has 0 radical (unpaired) electrons. The molecule has 0 spiro atoms. The summed E-state index contributed by atoms with van der Waals surface area (Å²) < 4.78 is 5.76. The smallest absolute Gasteiger partial charge is 0.256 e. The van der Waals surface area contributed by atoms with Crippen LogP contribution in [0.25, 0.3) is 0 Å². The zero-order chi connectivity index (χ0) is 18.4. The summed E-state index contributed by atoms with van der Waals surface area (Å²) in [6.07, 6.45) is 4.04. The van der Waals surface area contributed by atoms with Crippen molar-refractivity contribution in [3.05, 3.63) is 38.2 Å². The van der Waals surface area contributed by atoms with Gasteiger partial charge in [-0.05, 0) is 64.4 Å². The lowest BCUT2D eigenvalue weighted by atomic mass is 9.85. The van der Waals surface area contributed by atoms with E-state index < -0.39 is 0 Å². The molecule has 1 aromatic carbocycles. The summed E-state index contributed by atoms with van der Waals surface area (Å²) in [7, 11) is 1.51. The van der Waals surface area contributed by atoms with Crippen molar-refractivity contribution in [3.63, 3.8) is 0 Å². The molecule has 1 amide bonds. The van der Waals surface area contributed by atoms with E-state index in [-0.39, 0.29) is 17.8 Å². The molecule has 138 valence electrons. The van der Waals surface area contributed by atoms with Crippen LogP contribution in [0, 0.1) is 5.92 Å². The highest BCUT2D eigenvalue weighted by Gasteiger charge is 2.33. The van der Waals surface area contributed by atoms with Crippen LogP contribution in [0.4, 0.5) is 5.00 Å². The average molecular weight is 437 g/mol. The number of benzene rings is 1. The molecule has 0 saturated heterocycles. The van der Waals surface area contributed by atoms with Crippen LogP contribution in [0.2, 0.25) is 0 Å². The number of hydrogen-bond acceptors (Lipinski definition) is 5. The largest absolute Gasteiger partial charge is 0.503 e. The van der Waals surface area contributed by atoms with Crippen molar-refractivity contribution in [2.24, 2.45) is 5.92 Å². The molecular weight excluding hydrogens is 416 g/mol. The number of hydrogen-bond donors (Lipinski definition) is 3. The Bertz CT molecular complexity index is 880. The van der Waals surface area contributed by atoms with Gasteiger partial charge in [0.15, 0.2) is 11.5 Å². The van der Waals surface area contributed by atoms with E-state index in [1.54, 1.807) is 23.5 Å². The van der Waals surface area contributed by atoms with Gasteiger partial charge in [0, 0.05) is 4.88 Å². The Balaban J connectivity index is 1.68. The molecule has 7 heteroatoms. The van der Waals surface area contributed by atoms with Crippen LogP contribution < -0.4 is 15.4 Å². The van der Waals surface area contributed by atoms with Gasteiger partial charge in [0.05, 0.1) is 17.1 Å². The predicted molar refractivity (Wildman–Crippen MR) is 106 cm³/mol. The Morgan fingerprint density at radius 1 is 1.38 bits per heavy atom. The van der Waals surface area contributed by atoms with Gasteiger partial charge < -0.3 is 20.5 Å². The fourth-order valence-electron chi connectivity index (χ4n) is 3.80. The second kappa shape index (κ2) is 6.78. The Morgan fingerprint density at radius 3 is 2.92 bits per heavy atom. The van der Waals surface area contributed by atoms with E-state index in [1.165, 1.54) is 24.0 Å². The molecule has 2 aliphatic rings. The lowest BCUT2D eigenvalue weighted by Gasteiger charge is -2.27. The number of carbonyl (C=O) groups is 1. The monoisotopic (exact) mass is 436 g/mol. The number of fused-ring (bicyclic) bond motifs is 3. The van der Waals surface area contributed by atoms with Crippen molar-refractivity contribution in [3.8, 4) is 11.5 Å². The van der Waals surface area contributed by atoms with E-state index in [0.717, 1.165) is 41.3 Å². The zero-order valence-corrected chi connectivity index (χ0v) is 17.1. The van der Waals surface area contributed by atoms with Crippen molar-refractivity contribution in [2.45, 2.75) is 38.8 Å². The number of anilines is 1. The standard InChI is InChI=1S/C19H21BrN2O3S/c1-3-9-4-5-11-14(6-9)26-19-15(11)18(24)21-17(22-19)10-7-12(20)16(23)13(8-10)25-2/h7-9,17,22-23H,3-6H2,1-2H3,(H,21,24)/t9-,17-/m1/s1. The van der Waals surface area contributed by atoms with Gasteiger partial charge >= 0.3 is 0 Å². The molecule has 2 aromatic rings. The number of ether oxygens (including phenoxy) is 1. The van der Waals surface area contributed by atoms with Crippen molar-refractivity contribution < 1.29 is 14.6 Å². The number of halogens is 1. The molecule has 2 atom stereocenters. The molecule has 1 aromatic heterocycles. The highest BCUT2D eigenvalue weighted by molar-refractivity contribution is 9.10. The average Bonchev–Trinajstić information content (AvgIpc) is 3.01. The van der Waals surface area contributed by atoms with E-state index in [4.69, 9.17) is 4.74 Å². The Morgan fingerprint density at radius 2 is 2.19 bits per heavy atom. The summed E-state index contributed by atoms with van der Waals surface area (Å²) in [4.78, 5) is 14.2. The van der Waals surface area contributed by atoms with E-state index in [0.29, 0.717) is 10.2 Å². The molecule has 0 saturated carbocycles. The van der Waals surface area contributed by atoms with Gasteiger partial charge in [-0.1, -0.05) is 13.3 Å². The van der Waals surface area contributed by atoms with E-state index >= 15 is 0 Å². The highest BCUT2D eigenvalue weighted by Crippen LogP contribution is 2.44. The molecular formula is C19H21BrN2O3S. The number of amides is 1. The molecule has 0 bridgehead atoms. The first kappa shape index (κ1) is 17.7. The van der Waals surface area contributed by atoms with Crippen LogP contribution in [-0.2, 0) is 12.8 Å². The summed E-state index contributed by atoms with van der Waals surface area (Å²) in [6.45, 7) is 2.24. The van der Waals surface area contributed by atoms with Gasteiger partial charge in [-0.3, -0.25) is 4.79 Å². The number of nitrogens with one attached hydrogen (secondary N) is 2. The lowest BCUT2D eigenvalue weighted by Crippen LogP contribution is -2.38. The molecule has 3 N–H and O–H groups in total. The molecule has 0 fully saturated rings. The summed E-state index contributed by atoms with van der Waals surface area (Å²) in [6, 6.07) is 3.53. The van der Waals surface area contributed by atoms with Crippen molar-refractivity contribution in [1.29, 1.82) is 0 Å². The number of thiophene rings is 1. The van der Waals surface area contributed by atoms with Gasteiger partial charge in [0.25, 0.3) is 5.91 Å². The minimum Gasteiger partial charge on any atom is -0.503 e. The maximum atomic E-state index is 12.8. The molecule has 0 unspecified atom stereocenters. The number of rotatable bonds is 3. The second-order valence-corrected chi connectivity index (χ2v) is 8.79. The zero-order valence-electron chi connectivity index (χ0n) is 14.7. The predicted octanol–water partition coefficient (Wildman–Crippen LogP) is 4.59. The fraction of sp³-hybridized carbons (Fsp3) is 0.421. The van der Waals surface area contributed by atoms with Crippen LogP contribution in [0.15, 0.2) is 16.6 Å². The Hall–Kier alpha value is -1.73. The number of carbonyl (C=O) groups excluding carboxylic acids is 1. The quantitative estimate of drug-likeness (QED) is 0.657. The molecule has 26 heavy (non-hydrogen) atoms. The van der Waals surface area contributed by atoms with Crippen LogP contribution in [0.3, 0.4) is 0 Å². The number of phenols is 1. The van der Waals surface area contributed by atoms with Gasteiger partial charge in [0.1, 0.15) is 11.2 Å². The first-order chi connectivity index (χ1) is 12.5. The van der Waals surface area contributed by atoms with Gasteiger partial charge in [-0.25, -0.2) is 0 Å². The van der Waals surface area contributed by atoms with Crippen molar-refractivity contribution in [2.75, 3.05) is 12.4 Å². The summed E-state index contributed by atoms with van der Waals surface area (Å²) in [5, 5.41) is 17.5. The van der Waals surface area contributed by atoms with Crippen molar-refractivity contribution in [1.82, 2.24) is 5.32 Å². The first-order valence-electron chi connectivity index (χ1n) is 8.80. The van der Waals surface area contributed by atoms with Gasteiger partial charge in [-0.15, -0.1) is 11.3 Å². The fourth-order valence-corrected chi connectivity index (χ4v) is 5.64. The van der Waals surface area contributed by atoms with Gasteiger partial charge in [-0.2, -0.15) is 0 Å². The van der Waals surface area contributed by atoms with Crippen LogP contribution in [0.5, 0.6) is 11.5 Å². The minimum absolute atomic E-state index is 0.0284. The van der Waals surface area contributed by atoms with E-state index in [1.807, 2.05) is 0 Å². The van der Waals surface area contributed by atoms with E-state index in [9.17, 15) is 9.90 Å². The normalized spacial score (nSPS) is 21.4. The van der Waals surface area contributed by atoms with Crippen LogP contribution >= 0.6 is 27.3 Å². The minimum atomic E-state index is -0.358. The topological polar surface area (TPSA) is 70.6 Å². The van der Waals surface area contributed by atoms with Crippen LogP contribution in [-0.4, -0.2) is 18.1 Å². The third kappa shape index (κ3) is 2.87. The van der Waals surface area contributed by atoms with Gasteiger partial charge in [0.2, 0.25) is 0 Å². The van der Waals surface area contributed by atoms with Crippen LogP contribution in [0.1, 0.15) is 52.3 Å². The Kier molecular flexibility index (Phi) is 4.61. The molecule has 5 nitrogen and oxygen atoms in total. The SMILES string of the molecule is CC[C@@H]1CCc2c(sc3c2C(=O)N[C@@H](c2cc(Br)c(O)c(OC)c2)N3)C1.